The van der Waals surface area contributed by atoms with Gasteiger partial charge in [0, 0.05) is 36.1 Å². The van der Waals surface area contributed by atoms with Crippen LogP contribution < -0.4 is 10.6 Å². The number of nitro benzene ring substituents is 1. The number of aromatic nitrogens is 2. The molecule has 2 aromatic carbocycles. The Hall–Kier alpha value is -4.06. The number of carbonyl (C=O) groups excluding carboxylic acids is 1. The third-order valence-electron chi connectivity index (χ3n) is 4.10. The molecule has 2 N–H and O–H groups in total. The number of nitrogens with one attached hydrogen (secondary N) is 2. The highest BCUT2D eigenvalue weighted by Crippen LogP contribution is 2.30. The van der Waals surface area contributed by atoms with E-state index in [1.165, 1.54) is 36.5 Å². The van der Waals surface area contributed by atoms with Crippen molar-refractivity contribution >= 4 is 49.8 Å². The zero-order valence-electron chi connectivity index (χ0n) is 15.2. The summed E-state index contributed by atoms with van der Waals surface area (Å²) >= 11 is 1.04. The van der Waals surface area contributed by atoms with Crippen LogP contribution in [0.5, 0.6) is 0 Å². The van der Waals surface area contributed by atoms with Gasteiger partial charge in [0.1, 0.15) is 5.82 Å². The molecule has 2 heterocycles. The Morgan fingerprint density at radius 2 is 1.84 bits per heavy atom. The van der Waals surface area contributed by atoms with E-state index in [9.17, 15) is 28.1 Å². The van der Waals surface area contributed by atoms with Crippen LogP contribution in [0.25, 0.3) is 10.2 Å². The number of carbonyl (C=O) groups is 1. The summed E-state index contributed by atoms with van der Waals surface area (Å²) in [5.41, 5.74) is 0.244. The average molecular weight is 445 g/mol. The molecule has 0 unspecified atom stereocenters. The molecule has 0 aliphatic heterocycles. The molecular weight excluding hydrogens is 435 g/mol. The van der Waals surface area contributed by atoms with Crippen molar-refractivity contribution in [2.75, 3.05) is 10.6 Å². The fourth-order valence-electron chi connectivity index (χ4n) is 2.70. The first-order valence-corrected chi connectivity index (χ1v) is 9.36. The van der Waals surface area contributed by atoms with Gasteiger partial charge in [-0.05, 0) is 18.2 Å². The lowest BCUT2D eigenvalue weighted by Gasteiger charge is -2.11. The Morgan fingerprint density at radius 1 is 1.10 bits per heavy atom. The van der Waals surface area contributed by atoms with E-state index in [-0.39, 0.29) is 27.9 Å². The topological polar surface area (TPSA) is 110 Å². The Balaban J connectivity index is 1.60. The summed E-state index contributed by atoms with van der Waals surface area (Å²) in [6.07, 6.45) is 1.35. The summed E-state index contributed by atoms with van der Waals surface area (Å²) < 4.78 is 40.6. The SMILES string of the molecule is O=C(Nc1nc2ccc([N+](=O)[O-])cc2s1)c1cccnc1Nc1cc(F)c(F)c(F)c1. The highest BCUT2D eigenvalue weighted by molar-refractivity contribution is 7.22. The van der Waals surface area contributed by atoms with Crippen molar-refractivity contribution in [3.8, 4) is 0 Å². The monoisotopic (exact) mass is 445 g/mol. The van der Waals surface area contributed by atoms with E-state index in [0.29, 0.717) is 10.2 Å². The van der Waals surface area contributed by atoms with Crippen LogP contribution in [-0.4, -0.2) is 20.8 Å². The minimum absolute atomic E-state index is 0.0258. The number of benzene rings is 2. The van der Waals surface area contributed by atoms with Crippen molar-refractivity contribution in [2.45, 2.75) is 0 Å². The molecule has 0 atom stereocenters. The van der Waals surface area contributed by atoms with Gasteiger partial charge in [-0.1, -0.05) is 11.3 Å². The standard InChI is InChI=1S/C19H10F3N5O3S/c20-12-6-9(7-13(21)16(12)22)24-17-11(2-1-5-23-17)18(28)26-19-25-14-4-3-10(27(29)30)8-15(14)31-19/h1-8H,(H,23,24)(H,25,26,28). The lowest BCUT2D eigenvalue weighted by atomic mass is 10.2. The maximum absolute atomic E-state index is 13.5. The first-order valence-electron chi connectivity index (χ1n) is 8.55. The molecule has 156 valence electrons. The highest BCUT2D eigenvalue weighted by atomic mass is 32.1. The van der Waals surface area contributed by atoms with Gasteiger partial charge in [0.05, 0.1) is 20.7 Å². The second-order valence-corrected chi connectivity index (χ2v) is 7.19. The zero-order chi connectivity index (χ0) is 22.1. The Bertz CT molecular complexity index is 1320. The van der Waals surface area contributed by atoms with E-state index >= 15 is 0 Å². The molecule has 0 bridgehead atoms. The van der Waals surface area contributed by atoms with Gasteiger partial charge >= 0.3 is 0 Å². The van der Waals surface area contributed by atoms with Crippen molar-refractivity contribution in [2.24, 2.45) is 0 Å². The number of nitrogens with zero attached hydrogens (tertiary/aromatic N) is 3. The molecular formula is C19H10F3N5O3S. The summed E-state index contributed by atoms with van der Waals surface area (Å²) in [6, 6.07) is 8.47. The molecule has 0 aliphatic carbocycles. The fraction of sp³-hybridized carbons (Fsp3) is 0. The molecule has 12 heteroatoms. The summed E-state index contributed by atoms with van der Waals surface area (Å²) in [4.78, 5) is 31.3. The van der Waals surface area contributed by atoms with Crippen molar-refractivity contribution in [1.29, 1.82) is 0 Å². The molecule has 8 nitrogen and oxygen atoms in total. The quantitative estimate of drug-likeness (QED) is 0.254. The van der Waals surface area contributed by atoms with Gasteiger partial charge in [-0.25, -0.2) is 23.1 Å². The van der Waals surface area contributed by atoms with Crippen molar-refractivity contribution in [1.82, 2.24) is 9.97 Å². The van der Waals surface area contributed by atoms with Crippen LogP contribution in [0, 0.1) is 27.6 Å². The Morgan fingerprint density at radius 3 is 2.55 bits per heavy atom. The van der Waals surface area contributed by atoms with E-state index in [1.54, 1.807) is 0 Å². The number of nitro groups is 1. The molecule has 0 saturated heterocycles. The normalized spacial score (nSPS) is 10.8. The fourth-order valence-corrected chi connectivity index (χ4v) is 3.59. The van der Waals surface area contributed by atoms with E-state index in [2.05, 4.69) is 20.6 Å². The second-order valence-electron chi connectivity index (χ2n) is 6.16. The predicted molar refractivity (Wildman–Crippen MR) is 108 cm³/mol. The van der Waals surface area contributed by atoms with Crippen LogP contribution in [0.1, 0.15) is 10.4 Å². The van der Waals surface area contributed by atoms with Gasteiger partial charge < -0.3 is 5.32 Å². The number of anilines is 3. The third kappa shape index (κ3) is 4.14. The minimum Gasteiger partial charge on any atom is -0.339 e. The van der Waals surface area contributed by atoms with Crippen LogP contribution in [-0.2, 0) is 0 Å². The van der Waals surface area contributed by atoms with Gasteiger partial charge in [0.15, 0.2) is 22.6 Å². The number of halogens is 3. The molecule has 0 fully saturated rings. The van der Waals surface area contributed by atoms with Gasteiger partial charge in [0.2, 0.25) is 0 Å². The second kappa shape index (κ2) is 7.99. The number of fused-ring (bicyclic) bond motifs is 1. The number of rotatable bonds is 5. The van der Waals surface area contributed by atoms with E-state index < -0.39 is 28.3 Å². The lowest BCUT2D eigenvalue weighted by molar-refractivity contribution is -0.384. The molecule has 31 heavy (non-hydrogen) atoms. The summed E-state index contributed by atoms with van der Waals surface area (Å²) in [6.45, 7) is 0. The largest absolute Gasteiger partial charge is 0.339 e. The smallest absolute Gasteiger partial charge is 0.270 e. The van der Waals surface area contributed by atoms with Crippen LogP contribution in [0.2, 0.25) is 0 Å². The summed E-state index contributed by atoms with van der Waals surface area (Å²) in [5.74, 6) is -5.06. The highest BCUT2D eigenvalue weighted by Gasteiger charge is 2.17. The Labute approximate surface area is 175 Å². The first-order chi connectivity index (χ1) is 14.8. The first kappa shape index (κ1) is 20.2. The van der Waals surface area contributed by atoms with Crippen LogP contribution in [0.4, 0.5) is 35.5 Å². The van der Waals surface area contributed by atoms with Crippen LogP contribution in [0.3, 0.4) is 0 Å². The number of pyridine rings is 1. The minimum atomic E-state index is -1.61. The molecule has 0 spiro atoms. The molecule has 4 aromatic rings. The molecule has 1 amide bonds. The van der Waals surface area contributed by atoms with Gasteiger partial charge in [-0.3, -0.25) is 20.2 Å². The molecule has 0 saturated carbocycles. The molecule has 4 rings (SSSR count). The zero-order valence-corrected chi connectivity index (χ0v) is 16.0. The molecule has 0 radical (unpaired) electrons. The third-order valence-corrected chi connectivity index (χ3v) is 5.04. The maximum Gasteiger partial charge on any atom is 0.270 e. The van der Waals surface area contributed by atoms with Gasteiger partial charge in [-0.2, -0.15) is 0 Å². The van der Waals surface area contributed by atoms with E-state index in [4.69, 9.17) is 0 Å². The number of hydrogen-bond acceptors (Lipinski definition) is 7. The molecule has 0 aliphatic rings. The number of hydrogen-bond donors (Lipinski definition) is 2. The number of thiazole rings is 1. The summed E-state index contributed by atoms with van der Waals surface area (Å²) in [7, 11) is 0. The average Bonchev–Trinajstić information content (AvgIpc) is 3.13. The van der Waals surface area contributed by atoms with Gasteiger partial charge in [0.25, 0.3) is 11.6 Å². The number of amides is 1. The van der Waals surface area contributed by atoms with Crippen LogP contribution >= 0.6 is 11.3 Å². The summed E-state index contributed by atoms with van der Waals surface area (Å²) in [5, 5.41) is 16.2. The van der Waals surface area contributed by atoms with E-state index in [1.807, 2.05) is 0 Å². The van der Waals surface area contributed by atoms with Crippen molar-refractivity contribution < 1.29 is 22.9 Å². The van der Waals surface area contributed by atoms with Crippen molar-refractivity contribution in [3.63, 3.8) is 0 Å². The number of non-ortho nitro benzene ring substituents is 1. The van der Waals surface area contributed by atoms with Gasteiger partial charge in [-0.15, -0.1) is 0 Å². The van der Waals surface area contributed by atoms with Crippen molar-refractivity contribution in [3.05, 3.63) is 81.8 Å². The lowest BCUT2D eigenvalue weighted by Crippen LogP contribution is -2.14. The van der Waals surface area contributed by atoms with E-state index in [0.717, 1.165) is 23.5 Å². The Kier molecular flexibility index (Phi) is 5.21. The predicted octanol–water partition coefficient (Wildman–Crippen LogP) is 5.01. The molecule has 2 aromatic heterocycles. The van der Waals surface area contributed by atoms with Crippen LogP contribution in [0.15, 0.2) is 48.7 Å². The maximum atomic E-state index is 13.5.